The van der Waals surface area contributed by atoms with Crippen LogP contribution >= 0.6 is 0 Å². The first-order valence-electron chi connectivity index (χ1n) is 10.4. The molecule has 4 heteroatoms. The molecule has 3 nitrogen and oxygen atoms in total. The number of nitrogens with zero attached hydrogens (tertiary/aromatic N) is 2. The lowest BCUT2D eigenvalue weighted by molar-refractivity contribution is 0.0177. The van der Waals surface area contributed by atoms with Gasteiger partial charge in [0.2, 0.25) is 0 Å². The number of hydrogen-bond acceptors (Lipinski definition) is 3. The van der Waals surface area contributed by atoms with Crippen molar-refractivity contribution in [2.75, 3.05) is 13.1 Å². The molecule has 4 heterocycles. The third-order valence-corrected chi connectivity index (χ3v) is 8.47. The number of hydrogen-bond donors (Lipinski definition) is 0. The van der Waals surface area contributed by atoms with Crippen molar-refractivity contribution in [2.24, 2.45) is 11.8 Å². The molecule has 0 amide bonds. The van der Waals surface area contributed by atoms with Gasteiger partial charge >= 0.3 is 0 Å². The van der Waals surface area contributed by atoms with Gasteiger partial charge in [0, 0.05) is 29.1 Å². The first kappa shape index (κ1) is 18.7. The molecule has 3 aromatic rings. The van der Waals surface area contributed by atoms with Gasteiger partial charge < -0.3 is 0 Å². The van der Waals surface area contributed by atoms with Crippen LogP contribution in [0.5, 0.6) is 0 Å². The van der Waals surface area contributed by atoms with E-state index in [1.807, 2.05) is 48.7 Å². The largest absolute Gasteiger partial charge is 0.298 e. The molecule has 3 fully saturated rings. The maximum atomic E-state index is 14.0. The molecule has 2 unspecified atom stereocenters. The van der Waals surface area contributed by atoms with Crippen LogP contribution in [0.4, 0.5) is 0 Å². The minimum atomic E-state index is -1.14. The molecule has 3 saturated heterocycles. The van der Waals surface area contributed by atoms with Crippen LogP contribution in [0.1, 0.15) is 23.7 Å². The molecular weight excluding hydrogens is 376 g/mol. The smallest absolute Gasteiger partial charge is 0.0806 e. The fourth-order valence-corrected chi connectivity index (χ4v) is 6.95. The number of aromatic nitrogens is 1. The molecule has 3 aliphatic rings. The molecule has 3 aliphatic heterocycles. The number of piperidine rings is 3. The zero-order valence-electron chi connectivity index (χ0n) is 16.5. The molecule has 2 bridgehead atoms. The number of rotatable bonds is 5. The summed E-state index contributed by atoms with van der Waals surface area (Å²) in [6, 6.07) is 20.5. The molecule has 0 spiro atoms. The van der Waals surface area contributed by atoms with Crippen molar-refractivity contribution in [1.29, 1.82) is 0 Å². The first-order valence-corrected chi connectivity index (χ1v) is 11.6. The molecule has 1 aromatic heterocycles. The van der Waals surface area contributed by atoms with E-state index in [0.29, 0.717) is 11.8 Å². The Morgan fingerprint density at radius 3 is 2.66 bits per heavy atom. The lowest BCUT2D eigenvalue weighted by Crippen LogP contribution is -2.55. The molecule has 0 N–H and O–H groups in total. The second-order valence-electron chi connectivity index (χ2n) is 8.19. The SMILES string of the molecule is C=C[C@H]1CN2CC[C@H]1C[C@H]2[C@H](c1ccnc2ccccc12)S(=O)c1ccccc1. The molecule has 148 valence electrons. The van der Waals surface area contributed by atoms with E-state index in [-0.39, 0.29) is 11.3 Å². The number of benzene rings is 2. The van der Waals surface area contributed by atoms with E-state index in [2.05, 4.69) is 40.7 Å². The van der Waals surface area contributed by atoms with Gasteiger partial charge in [0.15, 0.2) is 0 Å². The first-order chi connectivity index (χ1) is 14.3. The summed E-state index contributed by atoms with van der Waals surface area (Å²) in [7, 11) is -1.14. The Balaban J connectivity index is 1.63. The van der Waals surface area contributed by atoms with Gasteiger partial charge in [0.05, 0.1) is 21.6 Å². The van der Waals surface area contributed by atoms with Gasteiger partial charge in [-0.1, -0.05) is 42.5 Å². The monoisotopic (exact) mass is 402 g/mol. The molecule has 6 rings (SSSR count). The standard InChI is InChI=1S/C25H26N2OS/c1-2-18-17-27-15-13-19(18)16-24(27)25(29(28)20-8-4-3-5-9-20)22-12-14-26-23-11-7-6-10-21(22)23/h2-12,14,18-19,24-25H,1,13,15-17H2/t18-,19-,24-,25-,29?/m0/s1. The van der Waals surface area contributed by atoms with E-state index >= 15 is 0 Å². The van der Waals surface area contributed by atoms with Crippen LogP contribution in [-0.4, -0.2) is 33.2 Å². The van der Waals surface area contributed by atoms with Crippen LogP contribution in [0.3, 0.4) is 0 Å². The fourth-order valence-electron chi connectivity index (χ4n) is 5.22. The Hall–Kier alpha value is -2.30. The predicted octanol–water partition coefficient (Wildman–Crippen LogP) is 4.98. The highest BCUT2D eigenvalue weighted by molar-refractivity contribution is 7.85. The van der Waals surface area contributed by atoms with Crippen LogP contribution in [0, 0.1) is 11.8 Å². The Morgan fingerprint density at radius 2 is 1.90 bits per heavy atom. The number of para-hydroxylation sites is 1. The van der Waals surface area contributed by atoms with Gasteiger partial charge in [0.25, 0.3) is 0 Å². The van der Waals surface area contributed by atoms with E-state index in [4.69, 9.17) is 0 Å². The summed E-state index contributed by atoms with van der Waals surface area (Å²) >= 11 is 0. The van der Waals surface area contributed by atoms with Crippen molar-refractivity contribution in [2.45, 2.75) is 29.0 Å². The van der Waals surface area contributed by atoms with Crippen molar-refractivity contribution in [1.82, 2.24) is 9.88 Å². The minimum absolute atomic E-state index is 0.0705. The summed E-state index contributed by atoms with van der Waals surface area (Å²) in [5, 5.41) is 1.05. The minimum Gasteiger partial charge on any atom is -0.298 e. The molecule has 0 saturated carbocycles. The lowest BCUT2D eigenvalue weighted by Gasteiger charge is -2.51. The number of fused-ring (bicyclic) bond motifs is 4. The maximum absolute atomic E-state index is 14.0. The summed E-state index contributed by atoms with van der Waals surface area (Å²) < 4.78 is 14.0. The highest BCUT2D eigenvalue weighted by atomic mass is 32.2. The van der Waals surface area contributed by atoms with Crippen LogP contribution in [0.25, 0.3) is 10.9 Å². The molecule has 2 aromatic carbocycles. The van der Waals surface area contributed by atoms with E-state index in [1.165, 1.54) is 6.42 Å². The van der Waals surface area contributed by atoms with Crippen molar-refractivity contribution in [3.05, 3.63) is 85.1 Å². The van der Waals surface area contributed by atoms with Gasteiger partial charge in [-0.05, 0) is 61.1 Å². The van der Waals surface area contributed by atoms with Crippen LogP contribution in [0.2, 0.25) is 0 Å². The van der Waals surface area contributed by atoms with Gasteiger partial charge in [-0.2, -0.15) is 0 Å². The van der Waals surface area contributed by atoms with E-state index in [1.54, 1.807) is 0 Å². The van der Waals surface area contributed by atoms with Crippen molar-refractivity contribution >= 4 is 21.7 Å². The second-order valence-corrected chi connectivity index (χ2v) is 9.77. The molecule has 0 radical (unpaired) electrons. The van der Waals surface area contributed by atoms with Gasteiger partial charge in [-0.3, -0.25) is 14.1 Å². The van der Waals surface area contributed by atoms with Crippen molar-refractivity contribution in [3.63, 3.8) is 0 Å². The van der Waals surface area contributed by atoms with E-state index in [0.717, 1.165) is 40.9 Å². The third-order valence-electron chi connectivity index (χ3n) is 6.70. The summed E-state index contributed by atoms with van der Waals surface area (Å²) in [6.07, 6.45) is 6.29. The predicted molar refractivity (Wildman–Crippen MR) is 119 cm³/mol. The van der Waals surface area contributed by atoms with E-state index in [9.17, 15) is 4.21 Å². The average Bonchev–Trinajstić information content (AvgIpc) is 2.80. The second kappa shape index (κ2) is 7.85. The van der Waals surface area contributed by atoms with E-state index < -0.39 is 10.8 Å². The normalized spacial score (nSPS) is 28.1. The molecule has 29 heavy (non-hydrogen) atoms. The van der Waals surface area contributed by atoms with Gasteiger partial charge in [-0.15, -0.1) is 6.58 Å². The fraction of sp³-hybridized carbons (Fsp3) is 0.320. The van der Waals surface area contributed by atoms with Crippen molar-refractivity contribution < 1.29 is 4.21 Å². The highest BCUT2D eigenvalue weighted by Gasteiger charge is 2.44. The Morgan fingerprint density at radius 1 is 1.10 bits per heavy atom. The Bertz CT molecular complexity index is 1050. The van der Waals surface area contributed by atoms with Crippen LogP contribution in [0.15, 0.2) is 84.4 Å². The van der Waals surface area contributed by atoms with Crippen molar-refractivity contribution in [3.8, 4) is 0 Å². The summed E-state index contributed by atoms with van der Waals surface area (Å²) in [6.45, 7) is 6.18. The maximum Gasteiger partial charge on any atom is 0.0806 e. The zero-order chi connectivity index (χ0) is 19.8. The molecule has 0 aliphatic carbocycles. The molecule has 6 atom stereocenters. The van der Waals surface area contributed by atoms with Gasteiger partial charge in [-0.25, -0.2) is 0 Å². The van der Waals surface area contributed by atoms with Gasteiger partial charge in [0.1, 0.15) is 0 Å². The average molecular weight is 403 g/mol. The topological polar surface area (TPSA) is 33.2 Å². The zero-order valence-corrected chi connectivity index (χ0v) is 17.3. The number of pyridine rings is 1. The highest BCUT2D eigenvalue weighted by Crippen LogP contribution is 2.45. The summed E-state index contributed by atoms with van der Waals surface area (Å²) in [5.74, 6) is 1.20. The summed E-state index contributed by atoms with van der Waals surface area (Å²) in [4.78, 5) is 8.02. The lowest BCUT2D eigenvalue weighted by atomic mass is 9.74. The third kappa shape index (κ3) is 3.34. The molecular formula is C25H26N2OS. The summed E-state index contributed by atoms with van der Waals surface area (Å²) in [5.41, 5.74) is 2.13. The quantitative estimate of drug-likeness (QED) is 0.564. The van der Waals surface area contributed by atoms with Crippen LogP contribution in [-0.2, 0) is 10.8 Å². The van der Waals surface area contributed by atoms with Crippen LogP contribution < -0.4 is 0 Å². The Labute approximate surface area is 174 Å². The Kier molecular flexibility index (Phi) is 5.06.